The zero-order valence-electron chi connectivity index (χ0n) is 14.9. The Balaban J connectivity index is 1.39. The van der Waals surface area contributed by atoms with E-state index in [1.54, 1.807) is 0 Å². The van der Waals surface area contributed by atoms with E-state index in [1.807, 2.05) is 20.8 Å². The van der Waals surface area contributed by atoms with E-state index < -0.39 is 17.2 Å². The number of aromatic nitrogens is 2. The highest BCUT2D eigenvalue weighted by Crippen LogP contribution is 2.40. The van der Waals surface area contributed by atoms with Gasteiger partial charge in [-0.25, -0.2) is 9.69 Å². The van der Waals surface area contributed by atoms with Gasteiger partial charge in [0.2, 0.25) is 11.8 Å². The Kier molecular flexibility index (Phi) is 3.64. The van der Waals surface area contributed by atoms with Crippen LogP contribution in [0.5, 0.6) is 0 Å². The summed E-state index contributed by atoms with van der Waals surface area (Å²) in [7, 11) is 0. The van der Waals surface area contributed by atoms with Crippen molar-refractivity contribution in [3.8, 4) is 0 Å². The largest absolute Gasteiger partial charge is 0.432 e. The van der Waals surface area contributed by atoms with Crippen LogP contribution < -0.4 is 0 Å². The van der Waals surface area contributed by atoms with Crippen LogP contribution in [0.3, 0.4) is 0 Å². The molecule has 2 aliphatic heterocycles. The summed E-state index contributed by atoms with van der Waals surface area (Å²) < 4.78 is 11.2. The van der Waals surface area contributed by atoms with Crippen molar-refractivity contribution in [1.82, 2.24) is 20.0 Å². The second kappa shape index (κ2) is 5.52. The Bertz CT molecular complexity index is 696. The average molecular weight is 348 g/mol. The van der Waals surface area contributed by atoms with Crippen LogP contribution in [0.2, 0.25) is 0 Å². The number of piperidine rings is 1. The number of imide groups is 1. The van der Waals surface area contributed by atoms with Gasteiger partial charge >= 0.3 is 6.09 Å². The van der Waals surface area contributed by atoms with Crippen molar-refractivity contribution in [2.24, 2.45) is 0 Å². The molecule has 0 radical (unpaired) electrons. The van der Waals surface area contributed by atoms with Gasteiger partial charge in [0.15, 0.2) is 5.60 Å². The lowest BCUT2D eigenvalue weighted by molar-refractivity contribution is -0.142. The van der Waals surface area contributed by atoms with E-state index in [9.17, 15) is 9.59 Å². The first-order chi connectivity index (χ1) is 11.8. The lowest BCUT2D eigenvalue weighted by Gasteiger charge is -2.36. The van der Waals surface area contributed by atoms with Crippen LogP contribution in [0.1, 0.15) is 64.2 Å². The molecule has 1 aromatic heterocycles. The van der Waals surface area contributed by atoms with Gasteiger partial charge in [-0.1, -0.05) is 0 Å². The Hall–Kier alpha value is -1.96. The Labute approximate surface area is 146 Å². The van der Waals surface area contributed by atoms with Gasteiger partial charge in [0, 0.05) is 37.4 Å². The summed E-state index contributed by atoms with van der Waals surface area (Å²) in [6, 6.07) is 0. The van der Waals surface area contributed by atoms with E-state index in [4.69, 9.17) is 9.15 Å². The molecule has 0 N–H and O–H groups in total. The highest BCUT2D eigenvalue weighted by atomic mass is 16.6. The molecule has 0 aromatic carbocycles. The van der Waals surface area contributed by atoms with Crippen LogP contribution in [0.4, 0.5) is 4.79 Å². The SMILES string of the molecule is CC(C)(C)N1C(=O)OC2(CCN(Cc3nnc(C4CC4)o3)CC2)C1=O. The summed E-state index contributed by atoms with van der Waals surface area (Å²) in [4.78, 5) is 28.4. The van der Waals surface area contributed by atoms with Crippen molar-refractivity contribution < 1.29 is 18.7 Å². The van der Waals surface area contributed by atoms with E-state index in [-0.39, 0.29) is 5.91 Å². The van der Waals surface area contributed by atoms with Gasteiger partial charge < -0.3 is 9.15 Å². The number of carbonyl (C=O) groups excluding carboxylic acids is 2. The first-order valence-electron chi connectivity index (χ1n) is 8.91. The molecule has 0 atom stereocenters. The first-order valence-corrected chi connectivity index (χ1v) is 8.91. The van der Waals surface area contributed by atoms with Crippen molar-refractivity contribution in [2.45, 2.75) is 70.1 Å². The van der Waals surface area contributed by atoms with Crippen molar-refractivity contribution in [3.05, 3.63) is 11.8 Å². The third-order valence-electron chi connectivity index (χ3n) is 5.16. The molecule has 3 aliphatic rings. The number of hydrogen-bond acceptors (Lipinski definition) is 7. The molecule has 0 bridgehead atoms. The molecule has 1 aliphatic carbocycles. The van der Waals surface area contributed by atoms with Gasteiger partial charge in [0.05, 0.1) is 6.54 Å². The normalized spacial score (nSPS) is 24.2. The predicted molar refractivity (Wildman–Crippen MR) is 86.6 cm³/mol. The summed E-state index contributed by atoms with van der Waals surface area (Å²) in [5, 5.41) is 8.21. The van der Waals surface area contributed by atoms with E-state index in [1.165, 1.54) is 4.90 Å². The molecule has 0 unspecified atom stereocenters. The molecule has 3 fully saturated rings. The van der Waals surface area contributed by atoms with Crippen LogP contribution in [-0.4, -0.2) is 56.2 Å². The Morgan fingerprint density at radius 3 is 2.40 bits per heavy atom. The summed E-state index contributed by atoms with van der Waals surface area (Å²) in [6.45, 7) is 7.39. The Morgan fingerprint density at radius 2 is 1.84 bits per heavy atom. The number of nitrogens with zero attached hydrogens (tertiary/aromatic N) is 4. The van der Waals surface area contributed by atoms with Crippen LogP contribution in [0, 0.1) is 0 Å². The number of ether oxygens (including phenoxy) is 1. The maximum absolute atomic E-state index is 12.8. The van der Waals surface area contributed by atoms with Crippen molar-refractivity contribution in [3.63, 3.8) is 0 Å². The van der Waals surface area contributed by atoms with E-state index in [0.717, 1.165) is 18.7 Å². The molecule has 2 saturated heterocycles. The van der Waals surface area contributed by atoms with Crippen LogP contribution >= 0.6 is 0 Å². The maximum atomic E-state index is 12.8. The first kappa shape index (κ1) is 16.5. The molecule has 3 heterocycles. The van der Waals surface area contributed by atoms with Gasteiger partial charge in [0.25, 0.3) is 5.91 Å². The molecule has 136 valence electrons. The third kappa shape index (κ3) is 2.92. The summed E-state index contributed by atoms with van der Waals surface area (Å²) in [5.74, 6) is 1.59. The van der Waals surface area contributed by atoms with Crippen molar-refractivity contribution >= 4 is 12.0 Å². The number of carbonyl (C=O) groups is 2. The van der Waals surface area contributed by atoms with E-state index in [0.29, 0.717) is 44.3 Å². The molecule has 2 amide bonds. The molecule has 1 spiro atoms. The molecule has 8 heteroatoms. The molecule has 1 saturated carbocycles. The zero-order valence-corrected chi connectivity index (χ0v) is 14.9. The van der Waals surface area contributed by atoms with Gasteiger partial charge in [-0.15, -0.1) is 10.2 Å². The molecule has 25 heavy (non-hydrogen) atoms. The number of likely N-dealkylation sites (tertiary alicyclic amines) is 1. The maximum Gasteiger partial charge on any atom is 0.418 e. The quantitative estimate of drug-likeness (QED) is 0.826. The second-order valence-electron chi connectivity index (χ2n) is 8.26. The number of amides is 2. The lowest BCUT2D eigenvalue weighted by atomic mass is 9.89. The molecular weight excluding hydrogens is 324 g/mol. The summed E-state index contributed by atoms with van der Waals surface area (Å²) >= 11 is 0. The lowest BCUT2D eigenvalue weighted by Crippen LogP contribution is -2.53. The second-order valence-corrected chi connectivity index (χ2v) is 8.26. The van der Waals surface area contributed by atoms with E-state index in [2.05, 4.69) is 15.1 Å². The summed E-state index contributed by atoms with van der Waals surface area (Å²) in [5.41, 5.74) is -1.58. The fourth-order valence-corrected chi connectivity index (χ4v) is 3.53. The minimum atomic E-state index is -1.01. The highest BCUT2D eigenvalue weighted by molar-refractivity contribution is 6.03. The van der Waals surface area contributed by atoms with Gasteiger partial charge in [-0.3, -0.25) is 9.69 Å². The smallest absolute Gasteiger partial charge is 0.418 e. The molecule has 1 aromatic rings. The fraction of sp³-hybridized carbons (Fsp3) is 0.765. The predicted octanol–water partition coefficient (Wildman–Crippen LogP) is 2.06. The van der Waals surface area contributed by atoms with Crippen LogP contribution in [0.15, 0.2) is 4.42 Å². The molecule has 4 rings (SSSR count). The highest BCUT2D eigenvalue weighted by Gasteiger charge is 2.57. The Morgan fingerprint density at radius 1 is 1.16 bits per heavy atom. The van der Waals surface area contributed by atoms with Gasteiger partial charge in [0.1, 0.15) is 0 Å². The van der Waals surface area contributed by atoms with Gasteiger partial charge in [-0.2, -0.15) is 0 Å². The minimum absolute atomic E-state index is 0.210. The standard InChI is InChI=1S/C17H24N4O4/c1-16(2,3)21-14(22)17(25-15(21)23)6-8-20(9-7-17)10-12-18-19-13(24-12)11-4-5-11/h11H,4-10H2,1-3H3. The average Bonchev–Trinajstić information content (AvgIpc) is 3.22. The van der Waals surface area contributed by atoms with Crippen molar-refractivity contribution in [2.75, 3.05) is 13.1 Å². The van der Waals surface area contributed by atoms with E-state index >= 15 is 0 Å². The number of rotatable bonds is 3. The third-order valence-corrected chi connectivity index (χ3v) is 5.16. The molecule has 8 nitrogen and oxygen atoms in total. The van der Waals surface area contributed by atoms with Gasteiger partial charge in [-0.05, 0) is 33.6 Å². The number of hydrogen-bond donors (Lipinski definition) is 0. The van der Waals surface area contributed by atoms with Crippen LogP contribution in [0.25, 0.3) is 0 Å². The fourth-order valence-electron chi connectivity index (χ4n) is 3.53. The van der Waals surface area contributed by atoms with Crippen molar-refractivity contribution in [1.29, 1.82) is 0 Å². The zero-order chi connectivity index (χ0) is 17.8. The minimum Gasteiger partial charge on any atom is -0.432 e. The molecular formula is C17H24N4O4. The topological polar surface area (TPSA) is 88.8 Å². The summed E-state index contributed by atoms with van der Waals surface area (Å²) in [6.07, 6.45) is 2.72. The monoisotopic (exact) mass is 348 g/mol. The van der Waals surface area contributed by atoms with Crippen LogP contribution in [-0.2, 0) is 16.1 Å².